The molecule has 36 heavy (non-hydrogen) atoms. The predicted molar refractivity (Wildman–Crippen MR) is 139 cm³/mol. The molecule has 4 aliphatic heterocycles. The van der Waals surface area contributed by atoms with Crippen molar-refractivity contribution in [2.75, 3.05) is 18.4 Å². The minimum atomic E-state index is -3.44. The van der Waals surface area contributed by atoms with Gasteiger partial charge < -0.3 is 16.8 Å². The van der Waals surface area contributed by atoms with Gasteiger partial charge in [-0.25, -0.2) is 18.4 Å². The maximum atomic E-state index is 13.5. The number of nitrogens with one attached hydrogen (secondary N) is 1. The number of hydrogen-bond donors (Lipinski definition) is 3. The lowest BCUT2D eigenvalue weighted by molar-refractivity contribution is -0.0476. The average Bonchev–Trinajstić information content (AvgIpc) is 3.35. The minimum absolute atomic E-state index is 0.139. The van der Waals surface area contributed by atoms with Crippen molar-refractivity contribution >= 4 is 49.2 Å². The standard InChI is InChI=1S/C23H29N9O2S2/c1-13(25)6-19(26)28-20-18-3-5-35-21(18)30-22(29-20)27-15-7-16-2-4-23(9-17(8-15)32(16)23)36(33,34)31-11-14(10-24)12-31/h3,5-6,14-17H,2,4,7-9,11-12,25H2,1H3,(H3,26,27,28,29,30)/b13-6-/t15-,16-,17-,23?/m1/s1. The highest BCUT2D eigenvalue weighted by Gasteiger charge is 2.68. The molecule has 6 rings (SSSR count). The van der Waals surface area contributed by atoms with E-state index in [1.165, 1.54) is 15.6 Å². The maximum absolute atomic E-state index is 13.5. The van der Waals surface area contributed by atoms with Crippen LogP contribution in [0.25, 0.3) is 10.2 Å². The van der Waals surface area contributed by atoms with Crippen molar-refractivity contribution in [2.24, 2.45) is 22.4 Å². The second kappa shape index (κ2) is 8.37. The number of aliphatic imine (C=N–C) groups is 1. The molecule has 11 nitrogen and oxygen atoms in total. The van der Waals surface area contributed by atoms with Gasteiger partial charge in [-0.05, 0) is 56.6 Å². The van der Waals surface area contributed by atoms with Gasteiger partial charge in [-0.1, -0.05) is 0 Å². The van der Waals surface area contributed by atoms with Crippen molar-refractivity contribution in [2.45, 2.75) is 62.0 Å². The highest BCUT2D eigenvalue weighted by molar-refractivity contribution is 7.90. The normalized spacial score (nSPS) is 31.5. The zero-order chi connectivity index (χ0) is 25.2. The number of allylic oxidation sites excluding steroid dienone is 1. The first kappa shape index (κ1) is 23.6. The van der Waals surface area contributed by atoms with Gasteiger partial charge >= 0.3 is 0 Å². The second-order valence-corrected chi connectivity index (χ2v) is 13.4. The van der Waals surface area contributed by atoms with Gasteiger partial charge in [-0.3, -0.25) is 4.90 Å². The van der Waals surface area contributed by atoms with Crippen molar-refractivity contribution in [3.05, 3.63) is 23.2 Å². The Morgan fingerprint density at radius 1 is 1.33 bits per heavy atom. The van der Waals surface area contributed by atoms with Crippen LogP contribution in [0.15, 0.2) is 28.2 Å². The highest BCUT2D eigenvalue weighted by atomic mass is 32.2. The summed E-state index contributed by atoms with van der Waals surface area (Å²) in [7, 11) is -3.44. The van der Waals surface area contributed by atoms with Crippen molar-refractivity contribution in [1.82, 2.24) is 19.2 Å². The van der Waals surface area contributed by atoms with Crippen LogP contribution in [0.4, 0.5) is 11.8 Å². The summed E-state index contributed by atoms with van der Waals surface area (Å²) in [5.41, 5.74) is 12.3. The number of piperidine rings is 1. The molecule has 2 aromatic rings. The molecule has 5 N–H and O–H groups in total. The molecule has 4 saturated heterocycles. The van der Waals surface area contributed by atoms with E-state index in [9.17, 15) is 8.42 Å². The Kier molecular flexibility index (Phi) is 5.49. The molecule has 4 aliphatic rings. The van der Waals surface area contributed by atoms with E-state index in [2.05, 4.69) is 26.3 Å². The summed E-state index contributed by atoms with van der Waals surface area (Å²) in [6.45, 7) is 2.40. The molecule has 0 aromatic carbocycles. The SMILES string of the molecule is C/C(N)=C/C(N)=Nc1nc(N[C@@H]2C[C@H]3CCC4(S(=O)(=O)N5CC(C#N)C5)C[C@@H](C2)N34)nc2sccc12. The Labute approximate surface area is 213 Å². The van der Waals surface area contributed by atoms with Gasteiger partial charge in [0.05, 0.1) is 17.4 Å². The number of anilines is 1. The van der Waals surface area contributed by atoms with E-state index in [1.807, 2.05) is 11.4 Å². The molecule has 6 heterocycles. The predicted octanol–water partition coefficient (Wildman–Crippen LogP) is 1.83. The molecule has 0 aliphatic carbocycles. The van der Waals surface area contributed by atoms with Crippen LogP contribution in [-0.2, 0) is 10.0 Å². The molecular formula is C23H29N9O2S2. The molecule has 4 fully saturated rings. The molecule has 4 atom stereocenters. The summed E-state index contributed by atoms with van der Waals surface area (Å²) in [5, 5.41) is 15.4. The topological polar surface area (TPSA) is 167 Å². The molecule has 0 amide bonds. The molecule has 2 aromatic heterocycles. The summed E-state index contributed by atoms with van der Waals surface area (Å²) in [6.07, 6.45) is 5.40. The third kappa shape index (κ3) is 3.58. The largest absolute Gasteiger partial charge is 0.402 e. The monoisotopic (exact) mass is 527 g/mol. The molecule has 0 radical (unpaired) electrons. The van der Waals surface area contributed by atoms with Gasteiger partial charge in [-0.2, -0.15) is 14.6 Å². The lowest BCUT2D eigenvalue weighted by atomic mass is 9.83. The lowest BCUT2D eigenvalue weighted by Gasteiger charge is -2.60. The first-order valence-electron chi connectivity index (χ1n) is 12.2. The van der Waals surface area contributed by atoms with Crippen molar-refractivity contribution in [3.63, 3.8) is 0 Å². The van der Waals surface area contributed by atoms with Gasteiger partial charge in [0, 0.05) is 36.9 Å². The van der Waals surface area contributed by atoms with Crippen molar-refractivity contribution in [3.8, 4) is 6.07 Å². The van der Waals surface area contributed by atoms with Crippen molar-refractivity contribution in [1.29, 1.82) is 5.26 Å². The third-order valence-electron chi connectivity index (χ3n) is 7.89. The Balaban J connectivity index is 1.19. The van der Waals surface area contributed by atoms with Crippen LogP contribution in [-0.4, -0.2) is 69.5 Å². The fraction of sp³-hybridized carbons (Fsp3) is 0.565. The number of nitriles is 1. The molecule has 1 unspecified atom stereocenters. The smallest absolute Gasteiger partial charge is 0.233 e. The number of hydrogen-bond acceptors (Lipinski definition) is 10. The maximum Gasteiger partial charge on any atom is 0.233 e. The molecular weight excluding hydrogens is 498 g/mol. The zero-order valence-corrected chi connectivity index (χ0v) is 21.6. The van der Waals surface area contributed by atoms with E-state index in [-0.39, 0.29) is 29.9 Å². The highest BCUT2D eigenvalue weighted by Crippen LogP contribution is 2.57. The quantitative estimate of drug-likeness (QED) is 0.375. The van der Waals surface area contributed by atoms with Crippen LogP contribution in [0, 0.1) is 17.2 Å². The molecule has 0 bridgehead atoms. The van der Waals surface area contributed by atoms with Crippen molar-refractivity contribution < 1.29 is 8.42 Å². The van der Waals surface area contributed by atoms with E-state index in [1.54, 1.807) is 13.0 Å². The number of amidine groups is 1. The number of fused-ring (bicyclic) bond motifs is 1. The third-order valence-corrected chi connectivity index (χ3v) is 11.2. The van der Waals surface area contributed by atoms with E-state index in [0.29, 0.717) is 43.4 Å². The van der Waals surface area contributed by atoms with Gasteiger partial charge in [0.15, 0.2) is 5.82 Å². The summed E-state index contributed by atoms with van der Waals surface area (Å²) in [6, 6.07) is 4.65. The Morgan fingerprint density at radius 2 is 2.11 bits per heavy atom. The van der Waals surface area contributed by atoms with Crippen LogP contribution in [0.2, 0.25) is 0 Å². The number of sulfonamides is 1. The van der Waals surface area contributed by atoms with Crippen LogP contribution < -0.4 is 16.8 Å². The molecule has 0 spiro atoms. The van der Waals surface area contributed by atoms with Gasteiger partial charge in [0.2, 0.25) is 16.0 Å². The fourth-order valence-electron chi connectivity index (χ4n) is 6.37. The van der Waals surface area contributed by atoms with Crippen LogP contribution >= 0.6 is 11.3 Å². The summed E-state index contributed by atoms with van der Waals surface area (Å²) in [5.74, 6) is 1.10. The van der Waals surface area contributed by atoms with Crippen LogP contribution in [0.3, 0.4) is 0 Å². The van der Waals surface area contributed by atoms with Gasteiger partial charge in [-0.15, -0.1) is 11.3 Å². The van der Waals surface area contributed by atoms with E-state index < -0.39 is 14.9 Å². The summed E-state index contributed by atoms with van der Waals surface area (Å²) >= 11 is 1.52. The van der Waals surface area contributed by atoms with Crippen LogP contribution in [0.1, 0.15) is 39.0 Å². The number of thiophene rings is 1. The fourth-order valence-corrected chi connectivity index (χ4v) is 9.70. The minimum Gasteiger partial charge on any atom is -0.402 e. The number of rotatable bonds is 6. The molecule has 190 valence electrons. The number of nitrogens with two attached hydrogens (primary N) is 2. The Morgan fingerprint density at radius 3 is 2.86 bits per heavy atom. The van der Waals surface area contributed by atoms with E-state index in [0.717, 1.165) is 29.5 Å². The van der Waals surface area contributed by atoms with Gasteiger partial charge in [0.25, 0.3) is 0 Å². The zero-order valence-electron chi connectivity index (χ0n) is 20.0. The van der Waals surface area contributed by atoms with E-state index in [4.69, 9.17) is 21.7 Å². The van der Waals surface area contributed by atoms with E-state index >= 15 is 0 Å². The summed E-state index contributed by atoms with van der Waals surface area (Å²) in [4.78, 5) is 16.1. The molecule has 13 heteroatoms. The Bertz CT molecular complexity index is 1420. The number of aromatic nitrogens is 2. The Hall–Kier alpha value is -2.79. The molecule has 0 saturated carbocycles. The lowest BCUT2D eigenvalue weighted by Crippen LogP contribution is -2.74. The first-order valence-corrected chi connectivity index (χ1v) is 14.5. The van der Waals surface area contributed by atoms with Crippen LogP contribution in [0.5, 0.6) is 0 Å². The second-order valence-electron chi connectivity index (χ2n) is 10.3. The average molecular weight is 528 g/mol. The number of nitrogens with zero attached hydrogens (tertiary/aromatic N) is 6. The van der Waals surface area contributed by atoms with Gasteiger partial charge in [0.1, 0.15) is 15.5 Å². The first-order chi connectivity index (χ1) is 17.2. The summed E-state index contributed by atoms with van der Waals surface area (Å²) < 4.78 is 28.4.